The van der Waals surface area contributed by atoms with Crippen molar-refractivity contribution in [1.82, 2.24) is 15.5 Å². The molecule has 1 aliphatic rings. The van der Waals surface area contributed by atoms with Gasteiger partial charge >= 0.3 is 6.03 Å². The Labute approximate surface area is 209 Å². The number of urea groups is 1. The number of carbonyl (C=O) groups excluding carboxylic acids is 4. The molecule has 184 valence electrons. The van der Waals surface area contributed by atoms with Crippen LogP contribution >= 0.6 is 0 Å². The molecule has 0 unspecified atom stereocenters. The molecule has 0 radical (unpaired) electrons. The minimum absolute atomic E-state index is 0.141. The molecule has 3 aromatic rings. The second-order valence-corrected chi connectivity index (χ2v) is 8.80. The van der Waals surface area contributed by atoms with Crippen LogP contribution in [0, 0.1) is 13.8 Å². The van der Waals surface area contributed by atoms with Crippen LogP contribution in [-0.2, 0) is 20.9 Å². The van der Waals surface area contributed by atoms with Crippen LogP contribution in [0.25, 0.3) is 0 Å². The highest BCUT2D eigenvalue weighted by molar-refractivity contribution is 6.06. The number of rotatable bonds is 8. The largest absolute Gasteiger partial charge is 0.325 e. The van der Waals surface area contributed by atoms with E-state index in [0.29, 0.717) is 11.3 Å². The third-order valence-electron chi connectivity index (χ3n) is 6.16. The number of para-hydroxylation sites is 1. The highest BCUT2D eigenvalue weighted by Gasteiger charge is 2.37. The lowest BCUT2D eigenvalue weighted by Crippen LogP contribution is -2.44. The Morgan fingerprint density at radius 3 is 2.08 bits per heavy atom. The monoisotopic (exact) mass is 484 g/mol. The summed E-state index contributed by atoms with van der Waals surface area (Å²) >= 11 is 0. The fraction of sp³-hybridized carbons (Fsp3) is 0.214. The molecule has 0 spiro atoms. The first-order valence-corrected chi connectivity index (χ1v) is 11.7. The summed E-state index contributed by atoms with van der Waals surface area (Å²) in [5, 5.41) is 7.64. The first-order chi connectivity index (χ1) is 17.3. The summed E-state index contributed by atoms with van der Waals surface area (Å²) in [5.41, 5.74) is 3.96. The van der Waals surface area contributed by atoms with Crippen LogP contribution in [-0.4, -0.2) is 34.7 Å². The van der Waals surface area contributed by atoms with Gasteiger partial charge in [-0.05, 0) is 36.1 Å². The number of carbonyl (C=O) groups is 4. The second kappa shape index (κ2) is 10.9. The number of nitrogens with one attached hydrogen (secondary N) is 3. The molecule has 0 bridgehead atoms. The summed E-state index contributed by atoms with van der Waals surface area (Å²) in [7, 11) is 0. The van der Waals surface area contributed by atoms with Crippen LogP contribution in [0.3, 0.4) is 0 Å². The standard InChI is InChI=1S/C28H28N4O4/c1-18-10-9-11-19(2)24(18)30-27(35)25(21-14-7-4-8-15-21)32(17-20-12-5-3-6-13-20)23(33)16-22-26(34)31-28(36)29-22/h3-15,22,25H,16-17H2,1-2H3,(H,30,35)(H2,29,31,34,36)/t22-,25+/m1/s1. The van der Waals surface area contributed by atoms with E-state index in [4.69, 9.17) is 0 Å². The predicted molar refractivity (Wildman–Crippen MR) is 136 cm³/mol. The molecular formula is C28H28N4O4. The number of aryl methyl sites for hydroxylation is 2. The van der Waals surface area contributed by atoms with Gasteiger partial charge in [-0.3, -0.25) is 19.7 Å². The van der Waals surface area contributed by atoms with Crippen molar-refractivity contribution in [3.8, 4) is 0 Å². The maximum atomic E-state index is 13.9. The molecule has 8 nitrogen and oxygen atoms in total. The third kappa shape index (κ3) is 5.60. The van der Waals surface area contributed by atoms with Crippen LogP contribution in [0.1, 0.15) is 34.7 Å². The van der Waals surface area contributed by atoms with E-state index in [9.17, 15) is 19.2 Å². The number of imide groups is 1. The van der Waals surface area contributed by atoms with Crippen LogP contribution < -0.4 is 16.0 Å². The molecule has 36 heavy (non-hydrogen) atoms. The van der Waals surface area contributed by atoms with Crippen molar-refractivity contribution < 1.29 is 19.2 Å². The summed E-state index contributed by atoms with van der Waals surface area (Å²) in [6, 6.07) is 21.5. The summed E-state index contributed by atoms with van der Waals surface area (Å²) in [5.74, 6) is -1.38. The van der Waals surface area contributed by atoms with E-state index in [0.717, 1.165) is 16.7 Å². The molecule has 2 atom stereocenters. The molecule has 0 saturated carbocycles. The maximum Gasteiger partial charge on any atom is 0.322 e. The van der Waals surface area contributed by atoms with Gasteiger partial charge in [0.1, 0.15) is 12.1 Å². The lowest BCUT2D eigenvalue weighted by atomic mass is 10.0. The Kier molecular flexibility index (Phi) is 7.44. The highest BCUT2D eigenvalue weighted by Crippen LogP contribution is 2.28. The van der Waals surface area contributed by atoms with E-state index in [-0.39, 0.29) is 18.9 Å². The lowest BCUT2D eigenvalue weighted by Gasteiger charge is -2.32. The molecule has 1 heterocycles. The lowest BCUT2D eigenvalue weighted by molar-refractivity contribution is -0.141. The van der Waals surface area contributed by atoms with Gasteiger partial charge in [-0.1, -0.05) is 78.9 Å². The molecule has 0 aliphatic carbocycles. The van der Waals surface area contributed by atoms with Crippen molar-refractivity contribution >= 4 is 29.4 Å². The number of amides is 5. The first kappa shape index (κ1) is 24.7. The van der Waals surface area contributed by atoms with Gasteiger partial charge in [0, 0.05) is 12.2 Å². The van der Waals surface area contributed by atoms with Gasteiger partial charge in [0.05, 0.1) is 6.42 Å². The Bertz CT molecular complexity index is 1260. The van der Waals surface area contributed by atoms with E-state index in [1.165, 1.54) is 4.90 Å². The smallest absolute Gasteiger partial charge is 0.322 e. The highest BCUT2D eigenvalue weighted by atomic mass is 16.2. The van der Waals surface area contributed by atoms with Crippen LogP contribution in [0.5, 0.6) is 0 Å². The molecule has 8 heteroatoms. The zero-order valence-corrected chi connectivity index (χ0v) is 20.2. The van der Waals surface area contributed by atoms with Crippen molar-refractivity contribution in [2.24, 2.45) is 0 Å². The van der Waals surface area contributed by atoms with Crippen molar-refractivity contribution in [3.05, 3.63) is 101 Å². The predicted octanol–water partition coefficient (Wildman–Crippen LogP) is 3.61. The molecular weight excluding hydrogens is 456 g/mol. The average molecular weight is 485 g/mol. The summed E-state index contributed by atoms with van der Waals surface area (Å²) in [6.07, 6.45) is -0.273. The third-order valence-corrected chi connectivity index (χ3v) is 6.16. The Morgan fingerprint density at radius 2 is 1.50 bits per heavy atom. The van der Waals surface area contributed by atoms with E-state index in [1.54, 1.807) is 12.1 Å². The van der Waals surface area contributed by atoms with Gasteiger partial charge in [0.15, 0.2) is 0 Å². The molecule has 5 amide bonds. The van der Waals surface area contributed by atoms with Crippen molar-refractivity contribution in [3.63, 3.8) is 0 Å². The van der Waals surface area contributed by atoms with E-state index in [1.807, 2.05) is 80.6 Å². The molecule has 1 aliphatic heterocycles. The zero-order chi connectivity index (χ0) is 25.7. The minimum Gasteiger partial charge on any atom is -0.325 e. The van der Waals surface area contributed by atoms with Crippen LogP contribution in [0.15, 0.2) is 78.9 Å². The van der Waals surface area contributed by atoms with Crippen LogP contribution in [0.2, 0.25) is 0 Å². The molecule has 4 rings (SSSR count). The average Bonchev–Trinajstić information content (AvgIpc) is 3.18. The number of anilines is 1. The number of hydrogen-bond acceptors (Lipinski definition) is 4. The minimum atomic E-state index is -0.999. The maximum absolute atomic E-state index is 13.9. The van der Waals surface area contributed by atoms with E-state index >= 15 is 0 Å². The van der Waals surface area contributed by atoms with Crippen molar-refractivity contribution in [2.45, 2.75) is 38.9 Å². The molecule has 3 N–H and O–H groups in total. The fourth-order valence-electron chi connectivity index (χ4n) is 4.31. The zero-order valence-electron chi connectivity index (χ0n) is 20.2. The molecule has 0 aromatic heterocycles. The van der Waals surface area contributed by atoms with Crippen LogP contribution in [0.4, 0.5) is 10.5 Å². The molecule has 1 saturated heterocycles. The van der Waals surface area contributed by atoms with Gasteiger partial charge in [-0.15, -0.1) is 0 Å². The van der Waals surface area contributed by atoms with Gasteiger partial charge in [-0.2, -0.15) is 0 Å². The summed E-state index contributed by atoms with van der Waals surface area (Å²) < 4.78 is 0. The van der Waals surface area contributed by atoms with Crippen molar-refractivity contribution in [1.29, 1.82) is 0 Å². The molecule has 3 aromatic carbocycles. The number of nitrogens with zero attached hydrogens (tertiary/aromatic N) is 1. The number of benzene rings is 3. The first-order valence-electron chi connectivity index (χ1n) is 11.7. The SMILES string of the molecule is Cc1cccc(C)c1NC(=O)[C@H](c1ccccc1)N(Cc1ccccc1)C(=O)C[C@H]1NC(=O)NC1=O. The normalized spacial score (nSPS) is 15.6. The summed E-state index contributed by atoms with van der Waals surface area (Å²) in [4.78, 5) is 52.7. The van der Waals surface area contributed by atoms with Gasteiger partial charge in [0.25, 0.3) is 11.8 Å². The quantitative estimate of drug-likeness (QED) is 0.425. The van der Waals surface area contributed by atoms with Crippen molar-refractivity contribution in [2.75, 3.05) is 5.32 Å². The Balaban J connectivity index is 1.72. The Morgan fingerprint density at radius 1 is 0.889 bits per heavy atom. The summed E-state index contributed by atoms with van der Waals surface area (Å²) in [6.45, 7) is 3.96. The number of hydrogen-bond donors (Lipinski definition) is 3. The topological polar surface area (TPSA) is 108 Å². The second-order valence-electron chi connectivity index (χ2n) is 8.80. The van der Waals surface area contributed by atoms with E-state index in [2.05, 4.69) is 16.0 Å². The Hall–Kier alpha value is -4.46. The molecule has 1 fully saturated rings. The van der Waals surface area contributed by atoms with Gasteiger partial charge in [0.2, 0.25) is 5.91 Å². The van der Waals surface area contributed by atoms with Gasteiger partial charge in [-0.25, -0.2) is 4.79 Å². The fourth-order valence-corrected chi connectivity index (χ4v) is 4.31. The van der Waals surface area contributed by atoms with E-state index < -0.39 is 29.9 Å². The van der Waals surface area contributed by atoms with Gasteiger partial charge < -0.3 is 15.5 Å².